The Kier molecular flexibility index (Phi) is 4.42. The smallest absolute Gasteiger partial charge is 0.214 e. The lowest BCUT2D eigenvalue weighted by atomic mass is 10.2. The zero-order chi connectivity index (χ0) is 12.8. The van der Waals surface area contributed by atoms with Crippen molar-refractivity contribution in [2.24, 2.45) is 0 Å². The van der Waals surface area contributed by atoms with E-state index >= 15 is 0 Å². The average Bonchev–Trinajstić information content (AvgIpc) is 2.46. The topological polar surface area (TPSA) is 20.3 Å². The fourth-order valence-electron chi connectivity index (χ4n) is 1.74. The minimum Gasteiger partial charge on any atom is -0.311 e. The minimum atomic E-state index is 0.600. The normalized spacial score (nSPS) is 10.1. The van der Waals surface area contributed by atoms with Gasteiger partial charge in [0.25, 0.3) is 0 Å². The Morgan fingerprint density at radius 2 is 1.72 bits per heavy atom. The predicted molar refractivity (Wildman–Crippen MR) is 76.9 cm³/mol. The highest BCUT2D eigenvalue weighted by atomic mass is 32.2. The largest absolute Gasteiger partial charge is 0.311 e. The Morgan fingerprint density at radius 1 is 1.06 bits per heavy atom. The molecule has 0 radical (unpaired) electrons. The number of carbonyl (C=O) groups excluding carboxylic acids is 1. The number of thioether (sulfide) groups is 1. The van der Waals surface area contributed by atoms with E-state index in [9.17, 15) is 4.79 Å². The fourth-order valence-corrected chi connectivity index (χ4v) is 2.15. The summed E-state index contributed by atoms with van der Waals surface area (Å²) in [4.78, 5) is 14.1. The molecule has 0 saturated heterocycles. The van der Waals surface area contributed by atoms with Gasteiger partial charge in [-0.25, -0.2) is 0 Å². The van der Waals surface area contributed by atoms with Crippen molar-refractivity contribution in [3.63, 3.8) is 0 Å². The summed E-state index contributed by atoms with van der Waals surface area (Å²) < 4.78 is 0. The standard InChI is InChI=1S/C15H15NOS/c1-18-15-9-7-14(8-10-15)16(12-17)11-13-5-3-2-4-6-13/h2-10,12H,11H2,1H3. The molecule has 0 atom stereocenters. The van der Waals surface area contributed by atoms with Gasteiger partial charge >= 0.3 is 0 Å². The van der Waals surface area contributed by atoms with Crippen LogP contribution in [0.5, 0.6) is 0 Å². The van der Waals surface area contributed by atoms with Crippen LogP contribution in [0, 0.1) is 0 Å². The summed E-state index contributed by atoms with van der Waals surface area (Å²) in [7, 11) is 0. The molecule has 1 amide bonds. The quantitative estimate of drug-likeness (QED) is 0.603. The molecule has 2 rings (SSSR count). The monoisotopic (exact) mass is 257 g/mol. The van der Waals surface area contributed by atoms with Crippen molar-refractivity contribution in [2.45, 2.75) is 11.4 Å². The van der Waals surface area contributed by atoms with Crippen LogP contribution in [0.3, 0.4) is 0 Å². The number of nitrogens with zero attached hydrogens (tertiary/aromatic N) is 1. The van der Waals surface area contributed by atoms with Crippen LogP contribution in [0.25, 0.3) is 0 Å². The molecular weight excluding hydrogens is 242 g/mol. The molecule has 3 heteroatoms. The molecule has 2 nitrogen and oxygen atoms in total. The molecule has 2 aromatic rings. The van der Waals surface area contributed by atoms with Crippen LogP contribution in [0.2, 0.25) is 0 Å². The van der Waals surface area contributed by atoms with Gasteiger partial charge < -0.3 is 4.90 Å². The number of carbonyl (C=O) groups is 1. The first-order valence-electron chi connectivity index (χ1n) is 5.73. The van der Waals surface area contributed by atoms with Crippen molar-refractivity contribution in [3.05, 3.63) is 60.2 Å². The summed E-state index contributed by atoms with van der Waals surface area (Å²) in [5.74, 6) is 0. The van der Waals surface area contributed by atoms with Gasteiger partial charge in [0.15, 0.2) is 0 Å². The van der Waals surface area contributed by atoms with E-state index in [0.29, 0.717) is 6.54 Å². The first-order chi connectivity index (χ1) is 8.83. The molecule has 0 bridgehead atoms. The second-order valence-electron chi connectivity index (χ2n) is 3.92. The van der Waals surface area contributed by atoms with E-state index in [-0.39, 0.29) is 0 Å². The predicted octanol–water partition coefficient (Wildman–Crippen LogP) is 3.57. The van der Waals surface area contributed by atoms with Gasteiger partial charge in [0.1, 0.15) is 0 Å². The van der Waals surface area contributed by atoms with E-state index in [1.807, 2.05) is 60.9 Å². The maximum absolute atomic E-state index is 11.2. The van der Waals surface area contributed by atoms with Crippen LogP contribution in [0.15, 0.2) is 59.5 Å². The molecule has 2 aromatic carbocycles. The zero-order valence-electron chi connectivity index (χ0n) is 10.2. The average molecular weight is 257 g/mol. The molecule has 0 aromatic heterocycles. The Bertz CT molecular complexity index is 496. The Hall–Kier alpha value is -1.74. The third-order valence-electron chi connectivity index (χ3n) is 2.73. The summed E-state index contributed by atoms with van der Waals surface area (Å²) >= 11 is 1.69. The Balaban J connectivity index is 2.15. The number of amides is 1. The van der Waals surface area contributed by atoms with E-state index in [1.54, 1.807) is 16.7 Å². The molecule has 92 valence electrons. The van der Waals surface area contributed by atoms with Crippen LogP contribution in [-0.2, 0) is 11.3 Å². The molecule has 0 heterocycles. The van der Waals surface area contributed by atoms with Gasteiger partial charge in [-0.2, -0.15) is 0 Å². The van der Waals surface area contributed by atoms with E-state index in [0.717, 1.165) is 17.7 Å². The molecule has 0 spiro atoms. The summed E-state index contributed by atoms with van der Waals surface area (Å²) in [5.41, 5.74) is 2.05. The molecule has 0 aliphatic heterocycles. The molecule has 0 unspecified atom stereocenters. The number of anilines is 1. The highest BCUT2D eigenvalue weighted by Gasteiger charge is 2.05. The molecule has 0 N–H and O–H groups in total. The lowest BCUT2D eigenvalue weighted by molar-refractivity contribution is -0.107. The third-order valence-corrected chi connectivity index (χ3v) is 3.47. The first kappa shape index (κ1) is 12.7. The Morgan fingerprint density at radius 3 is 2.28 bits per heavy atom. The summed E-state index contributed by atoms with van der Waals surface area (Å²) in [6.45, 7) is 0.600. The highest BCUT2D eigenvalue weighted by molar-refractivity contribution is 7.98. The van der Waals surface area contributed by atoms with Crippen LogP contribution in [0.4, 0.5) is 5.69 Å². The van der Waals surface area contributed by atoms with Crippen LogP contribution < -0.4 is 4.90 Å². The molecule has 0 fully saturated rings. The van der Waals surface area contributed by atoms with Gasteiger partial charge in [-0.3, -0.25) is 4.79 Å². The second-order valence-corrected chi connectivity index (χ2v) is 4.80. The van der Waals surface area contributed by atoms with Gasteiger partial charge in [0, 0.05) is 10.6 Å². The summed E-state index contributed by atoms with van der Waals surface area (Å²) in [5, 5.41) is 0. The van der Waals surface area contributed by atoms with Crippen molar-refractivity contribution in [2.75, 3.05) is 11.2 Å². The lowest BCUT2D eigenvalue weighted by Gasteiger charge is -2.17. The Labute approximate surface area is 112 Å². The zero-order valence-corrected chi connectivity index (χ0v) is 11.1. The first-order valence-corrected chi connectivity index (χ1v) is 6.96. The maximum atomic E-state index is 11.2. The van der Waals surface area contributed by atoms with Crippen LogP contribution in [-0.4, -0.2) is 12.7 Å². The van der Waals surface area contributed by atoms with Crippen LogP contribution in [0.1, 0.15) is 5.56 Å². The summed E-state index contributed by atoms with van der Waals surface area (Å²) in [6, 6.07) is 18.0. The van der Waals surface area contributed by atoms with E-state index < -0.39 is 0 Å². The van der Waals surface area contributed by atoms with Crippen molar-refractivity contribution in [1.29, 1.82) is 0 Å². The molecule has 0 aliphatic rings. The van der Waals surface area contributed by atoms with Gasteiger partial charge in [-0.05, 0) is 36.1 Å². The lowest BCUT2D eigenvalue weighted by Crippen LogP contribution is -2.20. The van der Waals surface area contributed by atoms with Crippen molar-refractivity contribution in [3.8, 4) is 0 Å². The highest BCUT2D eigenvalue weighted by Crippen LogP contribution is 2.21. The third kappa shape index (κ3) is 3.14. The van der Waals surface area contributed by atoms with Crippen molar-refractivity contribution in [1.82, 2.24) is 0 Å². The summed E-state index contributed by atoms with van der Waals surface area (Å²) in [6.07, 6.45) is 2.91. The molecular formula is C15H15NOS. The van der Waals surface area contributed by atoms with Gasteiger partial charge in [-0.1, -0.05) is 30.3 Å². The van der Waals surface area contributed by atoms with Crippen LogP contribution >= 0.6 is 11.8 Å². The van der Waals surface area contributed by atoms with Gasteiger partial charge in [0.2, 0.25) is 6.41 Å². The van der Waals surface area contributed by atoms with Gasteiger partial charge in [0.05, 0.1) is 6.54 Å². The maximum Gasteiger partial charge on any atom is 0.214 e. The molecule has 0 saturated carbocycles. The van der Waals surface area contributed by atoms with Gasteiger partial charge in [-0.15, -0.1) is 11.8 Å². The SMILES string of the molecule is CSc1ccc(N(C=O)Cc2ccccc2)cc1. The van der Waals surface area contributed by atoms with E-state index in [2.05, 4.69) is 0 Å². The van der Waals surface area contributed by atoms with Crippen molar-refractivity contribution >= 4 is 23.9 Å². The minimum absolute atomic E-state index is 0.600. The molecule has 18 heavy (non-hydrogen) atoms. The van der Waals surface area contributed by atoms with Crippen molar-refractivity contribution < 1.29 is 4.79 Å². The number of benzene rings is 2. The fraction of sp³-hybridized carbons (Fsp3) is 0.133. The van der Waals surface area contributed by atoms with E-state index in [1.165, 1.54) is 4.90 Å². The number of hydrogen-bond acceptors (Lipinski definition) is 2. The second kappa shape index (κ2) is 6.26. The number of rotatable bonds is 5. The van der Waals surface area contributed by atoms with E-state index in [4.69, 9.17) is 0 Å². The number of hydrogen-bond donors (Lipinski definition) is 0. The molecule has 0 aliphatic carbocycles.